The van der Waals surface area contributed by atoms with Gasteiger partial charge in [-0.2, -0.15) is 4.98 Å². The number of nitrogens with zero attached hydrogens (tertiary/aromatic N) is 3. The van der Waals surface area contributed by atoms with Crippen LogP contribution in [-0.2, 0) is 6.42 Å². The SMILES string of the molecule is CCc1cc(Oc2nc(Cl)nc(C)c2[N+](=O)[O-])ccc1Cl. The maximum Gasteiger partial charge on any atom is 0.352 e. The highest BCUT2D eigenvalue weighted by Crippen LogP contribution is 2.33. The number of hydrogen-bond acceptors (Lipinski definition) is 5. The van der Waals surface area contributed by atoms with E-state index in [1.807, 2.05) is 6.92 Å². The lowest BCUT2D eigenvalue weighted by Gasteiger charge is -2.09. The summed E-state index contributed by atoms with van der Waals surface area (Å²) >= 11 is 11.8. The van der Waals surface area contributed by atoms with Crippen LogP contribution in [0, 0.1) is 17.0 Å². The summed E-state index contributed by atoms with van der Waals surface area (Å²) in [5, 5.41) is 11.6. The van der Waals surface area contributed by atoms with Crippen LogP contribution in [0.4, 0.5) is 5.69 Å². The number of aromatic nitrogens is 2. The predicted octanol–water partition coefficient (Wildman–Crippen LogP) is 4.35. The fourth-order valence-corrected chi connectivity index (χ4v) is 2.24. The first-order valence-electron chi connectivity index (χ1n) is 6.07. The number of aryl methyl sites for hydroxylation is 2. The van der Waals surface area contributed by atoms with Gasteiger partial charge in [-0.1, -0.05) is 18.5 Å². The molecule has 0 fully saturated rings. The molecule has 0 bridgehead atoms. The normalized spacial score (nSPS) is 10.5. The van der Waals surface area contributed by atoms with E-state index in [1.165, 1.54) is 6.92 Å². The van der Waals surface area contributed by atoms with E-state index in [1.54, 1.807) is 18.2 Å². The number of hydrogen-bond donors (Lipinski definition) is 0. The summed E-state index contributed by atoms with van der Waals surface area (Å²) in [6, 6.07) is 4.98. The number of benzene rings is 1. The van der Waals surface area contributed by atoms with Crippen molar-refractivity contribution < 1.29 is 9.66 Å². The molecule has 0 atom stereocenters. The first-order valence-corrected chi connectivity index (χ1v) is 6.82. The van der Waals surface area contributed by atoms with Crippen LogP contribution in [0.2, 0.25) is 10.3 Å². The van der Waals surface area contributed by atoms with Crippen LogP contribution in [0.3, 0.4) is 0 Å². The molecule has 0 amide bonds. The summed E-state index contributed by atoms with van der Waals surface area (Å²) < 4.78 is 5.49. The zero-order valence-electron chi connectivity index (χ0n) is 11.3. The van der Waals surface area contributed by atoms with E-state index in [0.717, 1.165) is 5.56 Å². The number of rotatable bonds is 4. The summed E-state index contributed by atoms with van der Waals surface area (Å²) in [5.74, 6) is 0.204. The van der Waals surface area contributed by atoms with Crippen molar-refractivity contribution in [2.24, 2.45) is 0 Å². The Morgan fingerprint density at radius 3 is 2.67 bits per heavy atom. The summed E-state index contributed by atoms with van der Waals surface area (Å²) in [5.41, 5.74) is 0.695. The lowest BCUT2D eigenvalue weighted by Crippen LogP contribution is -2.01. The Morgan fingerprint density at radius 2 is 2.05 bits per heavy atom. The molecule has 2 aromatic rings. The van der Waals surface area contributed by atoms with Crippen molar-refractivity contribution in [1.82, 2.24) is 9.97 Å². The second-order valence-electron chi connectivity index (χ2n) is 4.20. The van der Waals surface area contributed by atoms with Gasteiger partial charge in [0.2, 0.25) is 5.28 Å². The molecule has 8 heteroatoms. The molecule has 110 valence electrons. The van der Waals surface area contributed by atoms with Gasteiger partial charge in [0.1, 0.15) is 11.4 Å². The Bertz CT molecular complexity index is 707. The first-order chi connectivity index (χ1) is 9.92. The molecule has 0 aliphatic heterocycles. The minimum Gasteiger partial charge on any atom is -0.434 e. The highest BCUT2D eigenvalue weighted by Gasteiger charge is 2.24. The van der Waals surface area contributed by atoms with Crippen LogP contribution in [0.5, 0.6) is 11.6 Å². The predicted molar refractivity (Wildman–Crippen MR) is 79.3 cm³/mol. The molecular formula is C13H11Cl2N3O3. The monoisotopic (exact) mass is 327 g/mol. The largest absolute Gasteiger partial charge is 0.434 e. The summed E-state index contributed by atoms with van der Waals surface area (Å²) in [7, 11) is 0. The van der Waals surface area contributed by atoms with Crippen molar-refractivity contribution in [1.29, 1.82) is 0 Å². The number of halogens is 2. The fraction of sp³-hybridized carbons (Fsp3) is 0.231. The standard InChI is InChI=1S/C13H11Cl2N3O3/c1-3-8-6-9(4-5-10(8)14)21-12-11(18(19)20)7(2)16-13(15)17-12/h4-6H,3H2,1-2H3. The van der Waals surface area contributed by atoms with E-state index in [2.05, 4.69) is 9.97 Å². The van der Waals surface area contributed by atoms with Gasteiger partial charge in [0.25, 0.3) is 0 Å². The van der Waals surface area contributed by atoms with E-state index in [0.29, 0.717) is 17.2 Å². The zero-order valence-corrected chi connectivity index (χ0v) is 12.8. The van der Waals surface area contributed by atoms with Crippen LogP contribution < -0.4 is 4.74 Å². The van der Waals surface area contributed by atoms with Crippen molar-refractivity contribution in [2.75, 3.05) is 0 Å². The summed E-state index contributed by atoms with van der Waals surface area (Å²) in [6.45, 7) is 3.41. The van der Waals surface area contributed by atoms with Gasteiger partial charge in [0, 0.05) is 5.02 Å². The van der Waals surface area contributed by atoms with Gasteiger partial charge in [0.15, 0.2) is 0 Å². The van der Waals surface area contributed by atoms with Crippen molar-refractivity contribution >= 4 is 28.9 Å². The van der Waals surface area contributed by atoms with Crippen molar-refractivity contribution in [3.8, 4) is 11.6 Å². The molecule has 0 radical (unpaired) electrons. The quantitative estimate of drug-likeness (QED) is 0.473. The van der Waals surface area contributed by atoms with Gasteiger partial charge in [-0.3, -0.25) is 10.1 Å². The van der Waals surface area contributed by atoms with Gasteiger partial charge in [0.05, 0.1) is 4.92 Å². The molecule has 6 nitrogen and oxygen atoms in total. The zero-order chi connectivity index (χ0) is 15.6. The van der Waals surface area contributed by atoms with Crippen LogP contribution in [-0.4, -0.2) is 14.9 Å². The Kier molecular flexibility index (Phi) is 4.59. The molecule has 1 aromatic heterocycles. The molecule has 0 N–H and O–H groups in total. The molecule has 0 saturated carbocycles. The van der Waals surface area contributed by atoms with Gasteiger partial charge < -0.3 is 4.74 Å². The third-order valence-electron chi connectivity index (χ3n) is 2.79. The van der Waals surface area contributed by atoms with E-state index < -0.39 is 4.92 Å². The smallest absolute Gasteiger partial charge is 0.352 e. The topological polar surface area (TPSA) is 78.2 Å². The molecule has 2 rings (SSSR count). The molecule has 1 heterocycles. The Balaban J connectivity index is 2.46. The molecular weight excluding hydrogens is 317 g/mol. The van der Waals surface area contributed by atoms with Crippen molar-refractivity contribution in [2.45, 2.75) is 20.3 Å². The highest BCUT2D eigenvalue weighted by molar-refractivity contribution is 6.31. The van der Waals surface area contributed by atoms with Crippen molar-refractivity contribution in [3.63, 3.8) is 0 Å². The molecule has 0 unspecified atom stereocenters. The average molecular weight is 328 g/mol. The maximum atomic E-state index is 11.1. The highest BCUT2D eigenvalue weighted by atomic mass is 35.5. The summed E-state index contributed by atoms with van der Waals surface area (Å²) in [4.78, 5) is 18.0. The van der Waals surface area contributed by atoms with E-state index in [9.17, 15) is 10.1 Å². The van der Waals surface area contributed by atoms with Gasteiger partial charge >= 0.3 is 11.6 Å². The number of nitro groups is 1. The van der Waals surface area contributed by atoms with Gasteiger partial charge in [-0.05, 0) is 48.7 Å². The lowest BCUT2D eigenvalue weighted by atomic mass is 10.1. The minimum absolute atomic E-state index is 0.113. The van der Waals surface area contributed by atoms with Crippen LogP contribution in [0.15, 0.2) is 18.2 Å². The number of ether oxygens (including phenoxy) is 1. The van der Waals surface area contributed by atoms with Crippen LogP contribution in [0.1, 0.15) is 18.2 Å². The molecule has 0 saturated heterocycles. The molecule has 0 aliphatic rings. The molecule has 0 aliphatic carbocycles. The van der Waals surface area contributed by atoms with Crippen molar-refractivity contribution in [3.05, 3.63) is 49.9 Å². The minimum atomic E-state index is -0.600. The lowest BCUT2D eigenvalue weighted by molar-refractivity contribution is -0.386. The van der Waals surface area contributed by atoms with E-state index in [-0.39, 0.29) is 22.5 Å². The molecule has 0 spiro atoms. The third kappa shape index (κ3) is 3.40. The van der Waals surface area contributed by atoms with Gasteiger partial charge in [-0.15, -0.1) is 0 Å². The second-order valence-corrected chi connectivity index (χ2v) is 4.94. The average Bonchev–Trinajstić information content (AvgIpc) is 2.39. The summed E-state index contributed by atoms with van der Waals surface area (Å²) in [6.07, 6.45) is 0.710. The van der Waals surface area contributed by atoms with E-state index in [4.69, 9.17) is 27.9 Å². The third-order valence-corrected chi connectivity index (χ3v) is 3.33. The fourth-order valence-electron chi connectivity index (χ4n) is 1.79. The maximum absolute atomic E-state index is 11.1. The first kappa shape index (κ1) is 15.5. The Labute approximate surface area is 130 Å². The second kappa shape index (κ2) is 6.24. The Hall–Kier alpha value is -1.92. The van der Waals surface area contributed by atoms with Gasteiger partial charge in [-0.25, -0.2) is 4.98 Å². The molecule has 21 heavy (non-hydrogen) atoms. The van der Waals surface area contributed by atoms with Crippen LogP contribution >= 0.6 is 23.2 Å². The van der Waals surface area contributed by atoms with E-state index >= 15 is 0 Å². The molecule has 1 aromatic carbocycles. The van der Waals surface area contributed by atoms with Crippen LogP contribution in [0.25, 0.3) is 0 Å². The Morgan fingerprint density at radius 1 is 1.33 bits per heavy atom.